The Balaban J connectivity index is 1.72. The number of ether oxygens (including phenoxy) is 1. The predicted octanol–water partition coefficient (Wildman–Crippen LogP) is 3.71. The molecule has 156 valence electrons. The number of nitrogens with one attached hydrogen (secondary N) is 2. The van der Waals surface area contributed by atoms with Crippen molar-refractivity contribution in [1.29, 1.82) is 5.41 Å². The van der Waals surface area contributed by atoms with Gasteiger partial charge in [0.2, 0.25) is 16.8 Å². The maximum absolute atomic E-state index is 13.0. The van der Waals surface area contributed by atoms with Gasteiger partial charge in [-0.15, -0.1) is 0 Å². The first-order valence-corrected chi connectivity index (χ1v) is 9.05. The summed E-state index contributed by atoms with van der Waals surface area (Å²) >= 11 is 5.89. The van der Waals surface area contributed by atoms with E-state index in [0.29, 0.717) is 16.9 Å². The van der Waals surface area contributed by atoms with E-state index in [1.807, 2.05) is 6.92 Å². The fourth-order valence-corrected chi connectivity index (χ4v) is 3.30. The molecule has 0 unspecified atom stereocenters. The number of imidazole rings is 1. The van der Waals surface area contributed by atoms with E-state index in [0.717, 1.165) is 16.3 Å². The molecule has 3 aromatic heterocycles. The van der Waals surface area contributed by atoms with E-state index >= 15 is 0 Å². The van der Waals surface area contributed by atoms with Crippen molar-refractivity contribution in [2.45, 2.75) is 19.1 Å². The molecule has 2 N–H and O–H groups in total. The Morgan fingerprint density at radius 1 is 1.23 bits per heavy atom. The Labute approximate surface area is 172 Å². The number of methoxy groups -OCH3 is 1. The van der Waals surface area contributed by atoms with Crippen LogP contribution in [0.1, 0.15) is 24.2 Å². The van der Waals surface area contributed by atoms with Gasteiger partial charge in [-0.25, -0.2) is 9.67 Å². The number of aromatic amines is 1. The maximum Gasteiger partial charge on any atom is 0.435 e. The Morgan fingerprint density at radius 2 is 1.93 bits per heavy atom. The van der Waals surface area contributed by atoms with Crippen molar-refractivity contribution < 1.29 is 17.9 Å². The predicted molar refractivity (Wildman–Crippen MR) is 102 cm³/mol. The van der Waals surface area contributed by atoms with Crippen LogP contribution in [-0.4, -0.2) is 36.4 Å². The lowest BCUT2D eigenvalue weighted by Gasteiger charge is -2.15. The second-order valence-corrected chi connectivity index (χ2v) is 6.81. The van der Waals surface area contributed by atoms with E-state index in [1.165, 1.54) is 13.3 Å². The smallest absolute Gasteiger partial charge is 0.435 e. The number of benzene rings is 1. The van der Waals surface area contributed by atoms with E-state index in [9.17, 15) is 13.2 Å². The summed E-state index contributed by atoms with van der Waals surface area (Å²) in [6, 6.07) is 7.26. The van der Waals surface area contributed by atoms with E-state index < -0.39 is 11.9 Å². The minimum atomic E-state index is -4.58. The first-order valence-electron chi connectivity index (χ1n) is 8.68. The minimum Gasteiger partial charge on any atom is -0.481 e. The van der Waals surface area contributed by atoms with Gasteiger partial charge >= 0.3 is 6.18 Å². The highest BCUT2D eigenvalue weighted by molar-refractivity contribution is 6.28. The van der Waals surface area contributed by atoms with Crippen LogP contribution in [0.5, 0.6) is 5.88 Å². The normalized spacial score (nSPS) is 13.0. The van der Waals surface area contributed by atoms with E-state index in [-0.39, 0.29) is 22.8 Å². The fourth-order valence-electron chi connectivity index (χ4n) is 3.17. The van der Waals surface area contributed by atoms with Gasteiger partial charge in [0.15, 0.2) is 11.3 Å². The largest absolute Gasteiger partial charge is 0.481 e. The molecule has 0 bridgehead atoms. The van der Waals surface area contributed by atoms with Crippen LogP contribution < -0.4 is 10.4 Å². The molecule has 1 atom stereocenters. The van der Waals surface area contributed by atoms with Crippen LogP contribution in [0.2, 0.25) is 5.28 Å². The molecule has 1 aromatic carbocycles. The Morgan fingerprint density at radius 3 is 2.57 bits per heavy atom. The maximum atomic E-state index is 13.0. The van der Waals surface area contributed by atoms with Crippen molar-refractivity contribution in [3.05, 3.63) is 58.7 Å². The molecular formula is C18H15ClF3N7O. The number of aromatic nitrogens is 6. The second kappa shape index (κ2) is 7.17. The summed E-state index contributed by atoms with van der Waals surface area (Å²) in [5.74, 6) is -0.0334. The summed E-state index contributed by atoms with van der Waals surface area (Å²) in [5.41, 5.74) is 1.31. The molecule has 0 aliphatic carbocycles. The van der Waals surface area contributed by atoms with Crippen LogP contribution in [0.25, 0.3) is 16.9 Å². The van der Waals surface area contributed by atoms with E-state index in [4.69, 9.17) is 21.7 Å². The van der Waals surface area contributed by atoms with Crippen LogP contribution in [0, 0.1) is 5.41 Å². The summed E-state index contributed by atoms with van der Waals surface area (Å²) in [5, 5.41) is 11.9. The third-order valence-electron chi connectivity index (χ3n) is 4.65. The van der Waals surface area contributed by atoms with Crippen molar-refractivity contribution in [1.82, 2.24) is 29.3 Å². The molecule has 0 saturated carbocycles. The van der Waals surface area contributed by atoms with Gasteiger partial charge in [0, 0.05) is 6.07 Å². The molecule has 0 amide bonds. The quantitative estimate of drug-likeness (QED) is 0.475. The first-order chi connectivity index (χ1) is 14.2. The zero-order valence-electron chi connectivity index (χ0n) is 15.7. The molecule has 4 rings (SSSR count). The van der Waals surface area contributed by atoms with Crippen molar-refractivity contribution in [2.24, 2.45) is 0 Å². The standard InChI is InChI=1S/C18H15ClF3N7O/c1-9(28-15-12(25-17(28)23)8-24-16(19)26-15)10-3-5-11(6-4-10)29-14(30-2)7-13(27-29)18(20,21)22/h3-9H,1-2H3,(H2,23,25)/t9-/m1/s1. The van der Waals surface area contributed by atoms with Gasteiger partial charge in [-0.3, -0.25) is 9.98 Å². The van der Waals surface area contributed by atoms with Crippen LogP contribution in [0.4, 0.5) is 13.2 Å². The summed E-state index contributed by atoms with van der Waals surface area (Å²) in [6.45, 7) is 1.87. The monoisotopic (exact) mass is 437 g/mol. The van der Waals surface area contributed by atoms with Crippen molar-refractivity contribution in [3.63, 3.8) is 0 Å². The Hall–Kier alpha value is -3.34. The van der Waals surface area contributed by atoms with Crippen LogP contribution in [0.3, 0.4) is 0 Å². The van der Waals surface area contributed by atoms with Gasteiger partial charge in [-0.1, -0.05) is 12.1 Å². The number of alkyl halides is 3. The van der Waals surface area contributed by atoms with Crippen LogP contribution in [0.15, 0.2) is 36.5 Å². The molecule has 0 spiro atoms. The zero-order chi connectivity index (χ0) is 21.6. The van der Waals surface area contributed by atoms with Crippen LogP contribution in [-0.2, 0) is 6.18 Å². The average Bonchev–Trinajstić information content (AvgIpc) is 3.28. The number of rotatable bonds is 4. The lowest BCUT2D eigenvalue weighted by molar-refractivity contribution is -0.141. The van der Waals surface area contributed by atoms with E-state index in [2.05, 4.69) is 20.1 Å². The molecule has 0 aliphatic heterocycles. The lowest BCUT2D eigenvalue weighted by Crippen LogP contribution is -2.21. The van der Waals surface area contributed by atoms with Gasteiger partial charge < -0.3 is 9.72 Å². The summed E-state index contributed by atoms with van der Waals surface area (Å²) in [6.07, 6.45) is -3.08. The van der Waals surface area contributed by atoms with Gasteiger partial charge in [-0.05, 0) is 36.2 Å². The lowest BCUT2D eigenvalue weighted by atomic mass is 10.1. The molecular weight excluding hydrogens is 423 g/mol. The molecule has 3 heterocycles. The molecule has 0 saturated heterocycles. The molecule has 8 nitrogen and oxygen atoms in total. The van der Waals surface area contributed by atoms with Gasteiger partial charge in [-0.2, -0.15) is 23.3 Å². The number of fused-ring (bicyclic) bond motifs is 1. The van der Waals surface area contributed by atoms with Crippen LogP contribution >= 0.6 is 11.6 Å². The molecule has 30 heavy (non-hydrogen) atoms. The number of H-pyrrole nitrogens is 1. The number of hydrogen-bond donors (Lipinski definition) is 2. The highest BCUT2D eigenvalue weighted by Crippen LogP contribution is 2.32. The topological polar surface area (TPSA) is 97.4 Å². The molecule has 0 radical (unpaired) electrons. The highest BCUT2D eigenvalue weighted by atomic mass is 35.5. The summed E-state index contributed by atoms with van der Waals surface area (Å²) in [7, 11) is 1.28. The molecule has 0 fully saturated rings. The summed E-state index contributed by atoms with van der Waals surface area (Å²) < 4.78 is 46.7. The fraction of sp³-hybridized carbons (Fsp3) is 0.222. The first kappa shape index (κ1) is 20.0. The SMILES string of the molecule is COc1cc(C(F)(F)F)nn1-c1ccc([C@@H](C)n2c(=N)[nH]c3cnc(Cl)nc32)cc1. The number of hydrogen-bond acceptors (Lipinski definition) is 5. The summed E-state index contributed by atoms with van der Waals surface area (Å²) in [4.78, 5) is 11.0. The van der Waals surface area contributed by atoms with Crippen molar-refractivity contribution >= 4 is 22.8 Å². The minimum absolute atomic E-state index is 0.0334. The molecule has 0 aliphatic rings. The van der Waals surface area contributed by atoms with Gasteiger partial charge in [0.25, 0.3) is 0 Å². The molecule has 12 heteroatoms. The van der Waals surface area contributed by atoms with Crippen molar-refractivity contribution in [3.8, 4) is 11.6 Å². The number of nitrogens with zero attached hydrogens (tertiary/aromatic N) is 5. The molecule has 4 aromatic rings. The zero-order valence-corrected chi connectivity index (χ0v) is 16.5. The highest BCUT2D eigenvalue weighted by Gasteiger charge is 2.35. The van der Waals surface area contributed by atoms with Gasteiger partial charge in [0.05, 0.1) is 25.0 Å². The Bertz CT molecular complexity index is 1270. The average molecular weight is 438 g/mol. The van der Waals surface area contributed by atoms with E-state index in [1.54, 1.807) is 28.8 Å². The third-order valence-corrected chi connectivity index (χ3v) is 4.83. The van der Waals surface area contributed by atoms with Crippen molar-refractivity contribution in [2.75, 3.05) is 7.11 Å². The second-order valence-electron chi connectivity index (χ2n) is 6.47. The Kier molecular flexibility index (Phi) is 4.77. The van der Waals surface area contributed by atoms with Gasteiger partial charge in [0.1, 0.15) is 5.52 Å². The third kappa shape index (κ3) is 3.41. The number of halogens is 4.